The molecule has 5 N–H and O–H groups in total. The van der Waals surface area contributed by atoms with Crippen LogP contribution in [0.25, 0.3) is 22.5 Å². The average molecular weight is 849 g/mol. The quantitative estimate of drug-likeness (QED) is 0.0847. The molecule has 2 saturated heterocycles. The topological polar surface area (TPSA) is 173 Å². The van der Waals surface area contributed by atoms with Crippen molar-refractivity contribution in [3.05, 3.63) is 127 Å². The fourth-order valence-electron chi connectivity index (χ4n) is 6.14. The number of nitrogens with two attached hydrogens (primary N) is 1. The number of anilines is 7. The zero-order valence-electron chi connectivity index (χ0n) is 33.0. The van der Waals surface area contributed by atoms with Crippen LogP contribution in [0.2, 0.25) is 5.28 Å². The lowest BCUT2D eigenvalue weighted by Gasteiger charge is -2.28. The van der Waals surface area contributed by atoms with Crippen molar-refractivity contribution in [2.45, 2.75) is 28.7 Å². The van der Waals surface area contributed by atoms with Crippen LogP contribution in [0.3, 0.4) is 0 Å². The number of nitrogens with one attached hydrogen (secondary N) is 3. The molecule has 0 unspecified atom stereocenters. The number of benzene rings is 4. The molecule has 0 spiro atoms. The fraction of sp³-hybridized carbons (Fsp3) is 0.261. The van der Waals surface area contributed by atoms with Gasteiger partial charge >= 0.3 is 0 Å². The molecular weight excluding hydrogens is 792 g/mol. The number of nitrogen functional groups attached to an aromatic ring is 1. The van der Waals surface area contributed by atoms with Crippen molar-refractivity contribution >= 4 is 63.5 Å². The highest BCUT2D eigenvalue weighted by atomic mass is 35.5. The molecule has 0 saturated carbocycles. The first kappa shape index (κ1) is 47.1. The first-order chi connectivity index (χ1) is 28.7. The number of morpholine rings is 2. The van der Waals surface area contributed by atoms with Crippen molar-refractivity contribution < 1.29 is 20.5 Å². The highest BCUT2D eigenvalue weighted by molar-refractivity contribution is 6.28. The minimum absolute atomic E-state index is 0. The predicted octanol–water partition coefficient (Wildman–Crippen LogP) is 9.06. The number of nitrogens with zero attached hydrogens (tertiary/aromatic N) is 6. The number of hydrogen-bond donors (Lipinski definition) is 4. The van der Waals surface area contributed by atoms with Crippen LogP contribution in [0.1, 0.15) is 30.1 Å². The van der Waals surface area contributed by atoms with Crippen molar-refractivity contribution in [2.24, 2.45) is 0 Å². The average Bonchev–Trinajstić information content (AvgIpc) is 3.26. The minimum Gasteiger partial charge on any atom is -0.399 e. The van der Waals surface area contributed by atoms with Crippen molar-refractivity contribution in [2.75, 3.05) is 84.1 Å². The van der Waals surface area contributed by atoms with Crippen LogP contribution < -0.4 is 31.5 Å². The molecule has 6 aromatic rings. The number of halogens is 1. The Labute approximate surface area is 365 Å². The largest absolute Gasteiger partial charge is 0.399 e. The molecule has 2 aliphatic rings. The summed E-state index contributed by atoms with van der Waals surface area (Å²) in [5.74, 6) is 0.348. The van der Waals surface area contributed by atoms with E-state index in [0.29, 0.717) is 5.95 Å². The number of hydrogen-bond acceptors (Lipinski definition) is 12. The third-order valence-electron chi connectivity index (χ3n) is 9.05. The normalized spacial score (nSPS) is 13.0. The van der Waals surface area contributed by atoms with E-state index in [1.54, 1.807) is 18.5 Å². The maximum absolute atomic E-state index is 11.1. The molecule has 4 heterocycles. The van der Waals surface area contributed by atoms with E-state index in [2.05, 4.69) is 70.0 Å². The third-order valence-corrected chi connectivity index (χ3v) is 9.23. The van der Waals surface area contributed by atoms with Crippen LogP contribution in [0.4, 0.5) is 40.1 Å². The van der Waals surface area contributed by atoms with Gasteiger partial charge in [0.05, 0.1) is 37.8 Å². The lowest BCUT2D eigenvalue weighted by Crippen LogP contribution is -2.36. The molecule has 2 amide bonds. The first-order valence-corrected chi connectivity index (χ1v) is 19.5. The van der Waals surface area contributed by atoms with Crippen LogP contribution in [0.5, 0.6) is 0 Å². The number of rotatable bonds is 8. The van der Waals surface area contributed by atoms with Gasteiger partial charge in [-0.25, -0.2) is 19.9 Å². The first-order valence-electron chi connectivity index (χ1n) is 19.1. The zero-order valence-corrected chi connectivity index (χ0v) is 33.7. The van der Waals surface area contributed by atoms with Gasteiger partial charge in [-0.3, -0.25) is 9.59 Å². The maximum atomic E-state index is 11.1. The summed E-state index contributed by atoms with van der Waals surface area (Å²) in [7, 11) is 0. The second-order valence-corrected chi connectivity index (χ2v) is 13.8. The number of carbonyl (C=O) groups excluding carboxylic acids is 2. The molecule has 61 heavy (non-hydrogen) atoms. The SMILES string of the molecule is C.C.CC(=O)Nc1ccc(-c2ccnc(Cl)n2)cc1.CC(=O)Nc1ccc(-c2ccnc(Nc3ccc(N4CCOCC4)cc3)n2)cc1.Nc1ccc(N2CCOCC2)cc1.[HH]. The molecule has 322 valence electrons. The number of aromatic nitrogens is 4. The highest BCUT2D eigenvalue weighted by Gasteiger charge is 2.12. The van der Waals surface area contributed by atoms with Gasteiger partial charge in [-0.15, -0.1) is 0 Å². The minimum atomic E-state index is -0.0946. The van der Waals surface area contributed by atoms with Crippen molar-refractivity contribution in [1.29, 1.82) is 0 Å². The second-order valence-electron chi connectivity index (χ2n) is 13.5. The van der Waals surface area contributed by atoms with Gasteiger partial charge in [0.2, 0.25) is 23.0 Å². The molecule has 0 aliphatic carbocycles. The van der Waals surface area contributed by atoms with Gasteiger partial charge < -0.3 is 41.0 Å². The molecule has 2 aliphatic heterocycles. The van der Waals surface area contributed by atoms with Gasteiger partial charge in [-0.05, 0) is 96.5 Å². The van der Waals surface area contributed by atoms with E-state index in [9.17, 15) is 9.59 Å². The smallest absolute Gasteiger partial charge is 0.227 e. The van der Waals surface area contributed by atoms with E-state index in [1.807, 2.05) is 78.9 Å². The summed E-state index contributed by atoms with van der Waals surface area (Å²) in [5.41, 5.74) is 14.7. The van der Waals surface area contributed by atoms with E-state index < -0.39 is 0 Å². The van der Waals surface area contributed by atoms with E-state index in [0.717, 1.165) is 97.9 Å². The maximum Gasteiger partial charge on any atom is 0.227 e. The van der Waals surface area contributed by atoms with Crippen LogP contribution in [-0.4, -0.2) is 84.4 Å². The van der Waals surface area contributed by atoms with E-state index in [4.69, 9.17) is 26.8 Å². The van der Waals surface area contributed by atoms with Gasteiger partial charge in [0, 0.05) is 99.1 Å². The Morgan fingerprint density at radius 1 is 0.590 bits per heavy atom. The van der Waals surface area contributed by atoms with Gasteiger partial charge in [0.15, 0.2) is 0 Å². The molecule has 14 nitrogen and oxygen atoms in total. The third kappa shape index (κ3) is 14.9. The Bertz CT molecular complexity index is 2260. The molecule has 0 atom stereocenters. The molecule has 2 aromatic heterocycles. The molecule has 0 radical (unpaired) electrons. The fourth-order valence-corrected chi connectivity index (χ4v) is 6.29. The number of ether oxygens (including phenoxy) is 2. The van der Waals surface area contributed by atoms with Gasteiger partial charge in [-0.1, -0.05) is 39.1 Å². The Hall–Kier alpha value is -6.61. The van der Waals surface area contributed by atoms with E-state index in [1.165, 1.54) is 25.2 Å². The molecule has 4 aromatic carbocycles. The van der Waals surface area contributed by atoms with Crippen LogP contribution >= 0.6 is 11.6 Å². The summed E-state index contributed by atoms with van der Waals surface area (Å²) in [4.78, 5) is 43.5. The summed E-state index contributed by atoms with van der Waals surface area (Å²) in [6.07, 6.45) is 3.33. The van der Waals surface area contributed by atoms with Gasteiger partial charge in [0.25, 0.3) is 0 Å². The van der Waals surface area contributed by atoms with Crippen molar-refractivity contribution in [3.8, 4) is 22.5 Å². The Kier molecular flexibility index (Phi) is 18.4. The summed E-state index contributed by atoms with van der Waals surface area (Å²) < 4.78 is 10.7. The molecule has 0 bridgehead atoms. The lowest BCUT2D eigenvalue weighted by molar-refractivity contribution is -0.115. The summed E-state index contributed by atoms with van der Waals surface area (Å²) >= 11 is 5.72. The number of carbonyl (C=O) groups is 2. The number of amides is 2. The monoisotopic (exact) mass is 848 g/mol. The highest BCUT2D eigenvalue weighted by Crippen LogP contribution is 2.24. The van der Waals surface area contributed by atoms with Crippen molar-refractivity contribution in [3.63, 3.8) is 0 Å². The van der Waals surface area contributed by atoms with Crippen LogP contribution in [-0.2, 0) is 19.1 Å². The van der Waals surface area contributed by atoms with E-state index in [-0.39, 0.29) is 33.4 Å². The summed E-state index contributed by atoms with van der Waals surface area (Å²) in [5, 5.41) is 8.93. The Morgan fingerprint density at radius 2 is 1.00 bits per heavy atom. The summed E-state index contributed by atoms with van der Waals surface area (Å²) in [6.45, 7) is 9.93. The standard InChI is InChI=1S/C22H23N5O2.C12H10ClN3O.C10H14N2O.2CH4.H2/c1-16(28)24-18-4-2-17(3-5-18)21-10-11-23-22(26-21)25-19-6-8-20(9-7-19)27-12-14-29-15-13-27;1-8(17)15-10-4-2-9(3-5-10)11-6-7-14-12(13)16-11;11-9-1-3-10(4-2-9)12-5-7-13-8-6-12;;;/h2-11H,12-15H2,1H3,(H,24,28)(H,23,25,26);2-7H,1H3,(H,15,17);1-4H,5-8,11H2;2*1H4;1H. The second kappa shape index (κ2) is 23.8. The van der Waals surface area contributed by atoms with Gasteiger partial charge in [0.1, 0.15) is 0 Å². The summed E-state index contributed by atoms with van der Waals surface area (Å²) in [6, 6.07) is 34.8. The molecule has 15 heteroatoms. The predicted molar refractivity (Wildman–Crippen MR) is 251 cm³/mol. The van der Waals surface area contributed by atoms with Crippen LogP contribution in [0, 0.1) is 0 Å². The van der Waals surface area contributed by atoms with Crippen LogP contribution in [0.15, 0.2) is 122 Å². The van der Waals surface area contributed by atoms with Crippen molar-refractivity contribution in [1.82, 2.24) is 19.9 Å². The Balaban J connectivity index is 0.000000265. The molecule has 2 fully saturated rings. The Morgan fingerprint density at radius 3 is 1.44 bits per heavy atom. The lowest BCUT2D eigenvalue weighted by atomic mass is 10.1. The molecule has 8 rings (SSSR count). The van der Waals surface area contributed by atoms with Gasteiger partial charge in [-0.2, -0.15) is 0 Å². The molecular formula is C46H57ClN10O4. The zero-order chi connectivity index (χ0) is 41.4. The van der Waals surface area contributed by atoms with E-state index >= 15 is 0 Å².